The molecule has 0 aromatic carbocycles. The van der Waals surface area contributed by atoms with Crippen LogP contribution in [0.15, 0.2) is 36.0 Å². The topological polar surface area (TPSA) is 71.1 Å². The molecule has 2 aromatic heterocycles. The van der Waals surface area contributed by atoms with Gasteiger partial charge in [-0.1, -0.05) is 10.7 Å². The zero-order chi connectivity index (χ0) is 12.3. The van der Waals surface area contributed by atoms with Gasteiger partial charge in [0.1, 0.15) is 11.9 Å². The van der Waals surface area contributed by atoms with Crippen molar-refractivity contribution in [3.8, 4) is 10.4 Å². The fourth-order valence-corrected chi connectivity index (χ4v) is 2.45. The number of aryl methyl sites for hydroxylation is 1. The van der Waals surface area contributed by atoms with Gasteiger partial charge in [0.2, 0.25) is 0 Å². The van der Waals surface area contributed by atoms with Crippen LogP contribution in [-0.2, 0) is 16.7 Å². The van der Waals surface area contributed by atoms with E-state index in [-0.39, 0.29) is 12.3 Å². The molecule has 0 fully saturated rings. The number of hydrogen-bond acceptors (Lipinski definition) is 4. The molecule has 0 atom stereocenters. The maximum Gasteiger partial charge on any atom is 0.271 e. The molecule has 5 nitrogen and oxygen atoms in total. The third-order valence-electron chi connectivity index (χ3n) is 2.16. The number of thiophene rings is 1. The Morgan fingerprint density at radius 1 is 1.41 bits per heavy atom. The summed E-state index contributed by atoms with van der Waals surface area (Å²) in [6.45, 7) is 0.142. The summed E-state index contributed by atoms with van der Waals surface area (Å²) in [5.41, 5.74) is 0.989. The smallest absolute Gasteiger partial charge is 0.271 e. The van der Waals surface area contributed by atoms with Crippen LogP contribution in [0.25, 0.3) is 10.4 Å². The first-order valence-corrected chi connectivity index (χ1v) is 7.38. The lowest BCUT2D eigenvalue weighted by atomic mass is 10.2. The molecule has 1 N–H and O–H groups in total. The molecule has 7 heteroatoms. The number of rotatable bonds is 4. The van der Waals surface area contributed by atoms with Gasteiger partial charge < -0.3 is 0 Å². The molecule has 0 aliphatic heterocycles. The predicted octanol–water partition coefficient (Wildman–Crippen LogP) is 0.985. The highest BCUT2D eigenvalue weighted by atomic mass is 32.2. The first-order chi connectivity index (χ1) is 8.04. The summed E-state index contributed by atoms with van der Waals surface area (Å²) in [7, 11) is -3.93. The highest BCUT2D eigenvalue weighted by molar-refractivity contribution is 7.85. The molecule has 0 aliphatic carbocycles. The summed E-state index contributed by atoms with van der Waals surface area (Å²) in [4.78, 5) is 1.11. The molecule has 2 rings (SSSR count). The van der Waals surface area contributed by atoms with Crippen LogP contribution in [0.3, 0.4) is 0 Å². The lowest BCUT2D eigenvalue weighted by molar-refractivity contribution is -0.750. The van der Waals surface area contributed by atoms with Gasteiger partial charge in [-0.05, 0) is 16.5 Å². The van der Waals surface area contributed by atoms with Crippen molar-refractivity contribution in [3.63, 3.8) is 0 Å². The van der Waals surface area contributed by atoms with Crippen molar-refractivity contribution in [2.75, 3.05) is 5.75 Å². The molecule has 0 saturated heterocycles. The first kappa shape index (κ1) is 12.2. The van der Waals surface area contributed by atoms with Gasteiger partial charge in [-0.25, -0.2) is 0 Å². The minimum atomic E-state index is -3.93. The first-order valence-electron chi connectivity index (χ1n) is 4.89. The zero-order valence-electron chi connectivity index (χ0n) is 8.85. The molecular weight excluding hydrogens is 260 g/mol. The van der Waals surface area contributed by atoms with Gasteiger partial charge in [0.25, 0.3) is 10.1 Å². The van der Waals surface area contributed by atoms with Crippen LogP contribution in [0.4, 0.5) is 0 Å². The van der Waals surface area contributed by atoms with E-state index in [1.807, 2.05) is 23.6 Å². The summed E-state index contributed by atoms with van der Waals surface area (Å²) < 4.78 is 31.2. The zero-order valence-corrected chi connectivity index (χ0v) is 10.5. The molecule has 0 amide bonds. The molecule has 0 saturated carbocycles. The number of hydrogen-bond donors (Lipinski definition) is 1. The van der Waals surface area contributed by atoms with E-state index in [1.165, 1.54) is 4.68 Å². The van der Waals surface area contributed by atoms with Crippen LogP contribution in [0, 0.1) is 0 Å². The Hall–Kier alpha value is -1.31. The van der Waals surface area contributed by atoms with Crippen LogP contribution in [0.5, 0.6) is 0 Å². The fraction of sp³-hybridized carbons (Fsp3) is 0.200. The third kappa shape index (κ3) is 3.58. The van der Waals surface area contributed by atoms with Crippen LogP contribution in [-0.4, -0.2) is 23.8 Å². The molecule has 2 heterocycles. The van der Waals surface area contributed by atoms with Crippen molar-refractivity contribution >= 4 is 21.5 Å². The summed E-state index contributed by atoms with van der Waals surface area (Å²) >= 11 is 1.61. The number of nitrogens with zero attached hydrogens (tertiary/aromatic N) is 2. The summed E-state index contributed by atoms with van der Waals surface area (Å²) in [6, 6.07) is 5.81. The molecule has 2 aromatic rings. The largest absolute Gasteiger partial charge is 0.285 e. The Kier molecular flexibility index (Phi) is 3.51. The molecular formula is C10H11N2O3S2+. The molecule has 0 aliphatic rings. The van der Waals surface area contributed by atoms with E-state index in [2.05, 4.69) is 5.10 Å². The van der Waals surface area contributed by atoms with Gasteiger partial charge in [0.05, 0.1) is 0 Å². The van der Waals surface area contributed by atoms with Crippen molar-refractivity contribution in [1.82, 2.24) is 5.10 Å². The van der Waals surface area contributed by atoms with Gasteiger partial charge in [-0.15, -0.1) is 11.3 Å². The summed E-state index contributed by atoms with van der Waals surface area (Å²) in [5.74, 6) is -0.330. The van der Waals surface area contributed by atoms with Gasteiger partial charge in [0.15, 0.2) is 12.7 Å². The second-order valence-electron chi connectivity index (χ2n) is 3.44. The van der Waals surface area contributed by atoms with Gasteiger partial charge in [-0.2, -0.15) is 8.42 Å². The molecule has 90 valence electrons. The Labute approximate surface area is 103 Å². The van der Waals surface area contributed by atoms with E-state index in [4.69, 9.17) is 4.55 Å². The Bertz CT molecular complexity index is 577. The van der Waals surface area contributed by atoms with E-state index in [1.54, 1.807) is 23.7 Å². The fourth-order valence-electron chi connectivity index (χ4n) is 1.31. The minimum absolute atomic E-state index is 0.142. The normalized spacial score (nSPS) is 11.6. The molecule has 17 heavy (non-hydrogen) atoms. The SMILES string of the molecule is O=S(=O)(O)CC[n+]1ccc(-c2cccs2)cn1. The highest BCUT2D eigenvalue weighted by Gasteiger charge is 2.11. The van der Waals surface area contributed by atoms with Crippen molar-refractivity contribution in [2.24, 2.45) is 0 Å². The Balaban J connectivity index is 2.09. The summed E-state index contributed by atoms with van der Waals surface area (Å²) in [5, 5.41) is 6.07. The van der Waals surface area contributed by atoms with E-state index >= 15 is 0 Å². The standard InChI is InChI=1S/C10H10N2O3S2/c13-17(14,15)7-5-12-4-3-9(8-11-12)10-2-1-6-16-10/h1-4,6,8H,5,7H2/p+1. The molecule has 0 radical (unpaired) electrons. The molecule has 0 spiro atoms. The van der Waals surface area contributed by atoms with E-state index in [9.17, 15) is 8.42 Å². The lowest BCUT2D eigenvalue weighted by Gasteiger charge is -1.95. The van der Waals surface area contributed by atoms with Gasteiger partial charge >= 0.3 is 0 Å². The lowest BCUT2D eigenvalue weighted by Crippen LogP contribution is -2.40. The van der Waals surface area contributed by atoms with Crippen molar-refractivity contribution in [2.45, 2.75) is 6.54 Å². The number of aromatic nitrogens is 2. The second kappa shape index (κ2) is 4.91. The predicted molar refractivity (Wildman–Crippen MR) is 64.2 cm³/mol. The summed E-state index contributed by atoms with van der Waals surface area (Å²) in [6.07, 6.45) is 3.37. The van der Waals surface area contributed by atoms with Crippen molar-refractivity contribution in [1.29, 1.82) is 0 Å². The van der Waals surface area contributed by atoms with Crippen LogP contribution in [0.1, 0.15) is 0 Å². The van der Waals surface area contributed by atoms with Gasteiger partial charge in [0, 0.05) is 16.5 Å². The maximum absolute atomic E-state index is 10.6. The molecule has 0 bridgehead atoms. The van der Waals surface area contributed by atoms with Crippen molar-refractivity contribution < 1.29 is 17.7 Å². The monoisotopic (exact) mass is 271 g/mol. The average molecular weight is 271 g/mol. The van der Waals surface area contributed by atoms with Crippen LogP contribution >= 0.6 is 11.3 Å². The van der Waals surface area contributed by atoms with E-state index in [0.717, 1.165) is 10.4 Å². The van der Waals surface area contributed by atoms with Crippen molar-refractivity contribution in [3.05, 3.63) is 36.0 Å². The Morgan fingerprint density at radius 2 is 2.24 bits per heavy atom. The van der Waals surface area contributed by atoms with Crippen LogP contribution in [0.2, 0.25) is 0 Å². The second-order valence-corrected chi connectivity index (χ2v) is 5.96. The van der Waals surface area contributed by atoms with E-state index in [0.29, 0.717) is 0 Å². The highest BCUT2D eigenvalue weighted by Crippen LogP contribution is 2.22. The third-order valence-corrected chi connectivity index (χ3v) is 3.77. The minimum Gasteiger partial charge on any atom is -0.285 e. The average Bonchev–Trinajstić information content (AvgIpc) is 2.79. The van der Waals surface area contributed by atoms with Crippen LogP contribution < -0.4 is 4.68 Å². The van der Waals surface area contributed by atoms with E-state index < -0.39 is 10.1 Å². The maximum atomic E-state index is 10.6. The van der Waals surface area contributed by atoms with Gasteiger partial charge in [-0.3, -0.25) is 4.55 Å². The Morgan fingerprint density at radius 3 is 2.76 bits per heavy atom. The molecule has 0 unspecified atom stereocenters. The quantitative estimate of drug-likeness (QED) is 0.665.